The van der Waals surface area contributed by atoms with Gasteiger partial charge in [0.05, 0.1) is 18.4 Å². The van der Waals surface area contributed by atoms with Crippen molar-refractivity contribution in [2.24, 2.45) is 4.99 Å². The normalized spacial score (nSPS) is 13.8. The fourth-order valence-electron chi connectivity index (χ4n) is 2.26. The maximum atomic E-state index is 4.54. The first kappa shape index (κ1) is 13.0. The highest BCUT2D eigenvalue weighted by Crippen LogP contribution is 2.21. The molecule has 0 bridgehead atoms. The molecule has 0 unspecified atom stereocenters. The van der Waals surface area contributed by atoms with Gasteiger partial charge in [0, 0.05) is 54.8 Å². The highest BCUT2D eigenvalue weighted by atomic mass is 15.3. The summed E-state index contributed by atoms with van der Waals surface area (Å²) in [5.41, 5.74) is 4.49. The summed E-state index contributed by atoms with van der Waals surface area (Å²) in [6.45, 7) is 2.73. The van der Waals surface area contributed by atoms with Crippen molar-refractivity contribution >= 4 is 6.21 Å². The zero-order chi connectivity index (χ0) is 13.9. The lowest BCUT2D eigenvalue weighted by molar-refractivity contribution is 0.373. The van der Waals surface area contributed by atoms with E-state index in [1.807, 2.05) is 23.3 Å². The molecule has 0 amide bonds. The average molecular weight is 269 g/mol. The average Bonchev–Trinajstić information content (AvgIpc) is 2.93. The monoisotopic (exact) mass is 269 g/mol. The molecule has 1 aliphatic rings. The minimum absolute atomic E-state index is 0.849. The summed E-state index contributed by atoms with van der Waals surface area (Å²) >= 11 is 0. The molecular weight excluding hydrogens is 250 g/mol. The number of aliphatic imine (C=N–C) groups is 1. The Labute approximate surface area is 119 Å². The molecule has 2 aromatic heterocycles. The summed E-state index contributed by atoms with van der Waals surface area (Å²) in [5, 5.41) is 4.41. The Kier molecular flexibility index (Phi) is 3.60. The summed E-state index contributed by atoms with van der Waals surface area (Å²) in [6, 6.07) is 2.15. The van der Waals surface area contributed by atoms with Gasteiger partial charge >= 0.3 is 0 Å². The van der Waals surface area contributed by atoms with Gasteiger partial charge in [-0.15, -0.1) is 0 Å². The van der Waals surface area contributed by atoms with Crippen LogP contribution in [0.3, 0.4) is 0 Å². The van der Waals surface area contributed by atoms with Crippen LogP contribution in [-0.2, 0) is 13.0 Å². The van der Waals surface area contributed by atoms with Crippen molar-refractivity contribution in [2.75, 3.05) is 27.2 Å². The van der Waals surface area contributed by atoms with E-state index in [0.29, 0.717) is 0 Å². The Bertz CT molecular complexity index is 627. The molecule has 5 nitrogen and oxygen atoms in total. The van der Waals surface area contributed by atoms with Gasteiger partial charge in [-0.1, -0.05) is 0 Å². The SMILES string of the molecule is CN(C)CCn1cc(-c2cnc3c(c2)C=NCC3)cn1. The van der Waals surface area contributed by atoms with Gasteiger partial charge in [0.1, 0.15) is 0 Å². The summed E-state index contributed by atoms with van der Waals surface area (Å²) < 4.78 is 1.98. The van der Waals surface area contributed by atoms with Crippen LogP contribution < -0.4 is 0 Å². The van der Waals surface area contributed by atoms with Crippen molar-refractivity contribution in [3.63, 3.8) is 0 Å². The zero-order valence-corrected chi connectivity index (χ0v) is 12.0. The number of aromatic nitrogens is 3. The van der Waals surface area contributed by atoms with E-state index in [1.54, 1.807) is 0 Å². The third-order valence-electron chi connectivity index (χ3n) is 3.45. The highest BCUT2D eigenvalue weighted by molar-refractivity contribution is 5.84. The number of hydrogen-bond acceptors (Lipinski definition) is 4. The van der Waals surface area contributed by atoms with Gasteiger partial charge in [-0.05, 0) is 20.2 Å². The number of likely N-dealkylation sites (N-methyl/N-ethyl adjacent to an activating group) is 1. The molecule has 0 atom stereocenters. The standard InChI is InChI=1S/C15H19N5/c1-19(2)5-6-20-11-14(10-18-20)12-7-13-8-16-4-3-15(13)17-9-12/h7-11H,3-6H2,1-2H3. The first-order chi connectivity index (χ1) is 9.72. The third kappa shape index (κ3) is 2.77. The van der Waals surface area contributed by atoms with Crippen LogP contribution in [0, 0.1) is 0 Å². The molecule has 0 saturated heterocycles. The van der Waals surface area contributed by atoms with Crippen LogP contribution in [0.5, 0.6) is 0 Å². The molecule has 20 heavy (non-hydrogen) atoms. The molecule has 0 aromatic carbocycles. The quantitative estimate of drug-likeness (QED) is 0.844. The minimum atomic E-state index is 0.849. The molecule has 104 valence electrons. The Morgan fingerprint density at radius 3 is 3.00 bits per heavy atom. The predicted octanol–water partition coefficient (Wildman–Crippen LogP) is 1.48. The predicted molar refractivity (Wildman–Crippen MR) is 80.2 cm³/mol. The van der Waals surface area contributed by atoms with Crippen LogP contribution in [0.4, 0.5) is 0 Å². The van der Waals surface area contributed by atoms with Crippen molar-refractivity contribution in [1.29, 1.82) is 0 Å². The lowest BCUT2D eigenvalue weighted by atomic mass is 10.0. The minimum Gasteiger partial charge on any atom is -0.308 e. The van der Waals surface area contributed by atoms with Crippen LogP contribution >= 0.6 is 0 Å². The first-order valence-corrected chi connectivity index (χ1v) is 6.89. The molecule has 0 saturated carbocycles. The molecule has 0 spiro atoms. The van der Waals surface area contributed by atoms with Crippen LogP contribution in [0.25, 0.3) is 11.1 Å². The van der Waals surface area contributed by atoms with Crippen molar-refractivity contribution in [2.45, 2.75) is 13.0 Å². The summed E-state index contributed by atoms with van der Waals surface area (Å²) in [5.74, 6) is 0. The lowest BCUT2D eigenvalue weighted by Crippen LogP contribution is -2.18. The molecule has 3 rings (SSSR count). The van der Waals surface area contributed by atoms with Crippen molar-refractivity contribution in [3.8, 4) is 11.1 Å². The number of pyridine rings is 1. The molecule has 0 radical (unpaired) electrons. The maximum Gasteiger partial charge on any atom is 0.0568 e. The smallest absolute Gasteiger partial charge is 0.0568 e. The summed E-state index contributed by atoms with van der Waals surface area (Å²) in [4.78, 5) is 11.0. The maximum absolute atomic E-state index is 4.54. The molecule has 1 aliphatic heterocycles. The van der Waals surface area contributed by atoms with E-state index in [9.17, 15) is 0 Å². The Morgan fingerprint density at radius 1 is 1.25 bits per heavy atom. The van der Waals surface area contributed by atoms with E-state index in [1.165, 1.54) is 0 Å². The zero-order valence-electron chi connectivity index (χ0n) is 12.0. The fraction of sp³-hybridized carbons (Fsp3) is 0.400. The van der Waals surface area contributed by atoms with Gasteiger partial charge in [0.15, 0.2) is 0 Å². The van der Waals surface area contributed by atoms with Crippen molar-refractivity contribution < 1.29 is 0 Å². The Morgan fingerprint density at radius 2 is 2.15 bits per heavy atom. The van der Waals surface area contributed by atoms with Crippen LogP contribution in [0.15, 0.2) is 29.6 Å². The van der Waals surface area contributed by atoms with Gasteiger partial charge in [0.25, 0.3) is 0 Å². The molecule has 3 heterocycles. The molecule has 0 aliphatic carbocycles. The molecule has 5 heteroatoms. The second kappa shape index (κ2) is 5.54. The topological polar surface area (TPSA) is 46.3 Å². The van der Waals surface area contributed by atoms with Gasteiger partial charge in [-0.25, -0.2) is 0 Å². The Hall–Kier alpha value is -2.01. The highest BCUT2D eigenvalue weighted by Gasteiger charge is 2.09. The second-order valence-electron chi connectivity index (χ2n) is 5.34. The van der Waals surface area contributed by atoms with E-state index < -0.39 is 0 Å². The van der Waals surface area contributed by atoms with Gasteiger partial charge in [0.2, 0.25) is 0 Å². The van der Waals surface area contributed by atoms with Crippen molar-refractivity contribution in [3.05, 3.63) is 35.9 Å². The van der Waals surface area contributed by atoms with E-state index in [4.69, 9.17) is 0 Å². The molecular formula is C15H19N5. The van der Waals surface area contributed by atoms with Crippen LogP contribution in [0.1, 0.15) is 11.3 Å². The number of fused-ring (bicyclic) bond motifs is 1. The number of nitrogens with zero attached hydrogens (tertiary/aromatic N) is 5. The number of hydrogen-bond donors (Lipinski definition) is 0. The Balaban J connectivity index is 1.81. The van der Waals surface area contributed by atoms with Gasteiger partial charge in [-0.3, -0.25) is 14.7 Å². The third-order valence-corrected chi connectivity index (χ3v) is 3.45. The molecule has 0 fully saturated rings. The molecule has 0 N–H and O–H groups in total. The van der Waals surface area contributed by atoms with Gasteiger partial charge in [-0.2, -0.15) is 5.10 Å². The largest absolute Gasteiger partial charge is 0.308 e. The summed E-state index contributed by atoms with van der Waals surface area (Å²) in [7, 11) is 4.13. The van der Waals surface area contributed by atoms with E-state index in [2.05, 4.69) is 46.3 Å². The van der Waals surface area contributed by atoms with E-state index >= 15 is 0 Å². The lowest BCUT2D eigenvalue weighted by Gasteiger charge is -2.10. The first-order valence-electron chi connectivity index (χ1n) is 6.89. The van der Waals surface area contributed by atoms with E-state index in [-0.39, 0.29) is 0 Å². The van der Waals surface area contributed by atoms with Crippen molar-refractivity contribution in [1.82, 2.24) is 19.7 Å². The number of rotatable bonds is 4. The summed E-state index contributed by atoms with van der Waals surface area (Å²) in [6.07, 6.45) is 8.78. The molecule has 2 aromatic rings. The van der Waals surface area contributed by atoms with Gasteiger partial charge < -0.3 is 4.90 Å². The van der Waals surface area contributed by atoms with Crippen LogP contribution in [-0.4, -0.2) is 53.1 Å². The van der Waals surface area contributed by atoms with Crippen LogP contribution in [0.2, 0.25) is 0 Å². The fourth-order valence-corrected chi connectivity index (χ4v) is 2.26. The van der Waals surface area contributed by atoms with E-state index in [0.717, 1.165) is 48.4 Å². The second-order valence-corrected chi connectivity index (χ2v) is 5.34.